The standard InChI is InChI=1S/C9H9NO.C2H6.CH4O/c1-10-6-7-4-2-3-5-8(7)9(10)11;2*1-2/h2-5H,6H2,1H3;1-2H3;2H,1H3. The smallest absolute Gasteiger partial charge is 0.254 e. The van der Waals surface area contributed by atoms with Gasteiger partial charge in [0, 0.05) is 26.3 Å². The Morgan fingerprint density at radius 1 is 1.20 bits per heavy atom. The van der Waals surface area contributed by atoms with Crippen molar-refractivity contribution in [1.29, 1.82) is 0 Å². The molecule has 1 heterocycles. The van der Waals surface area contributed by atoms with E-state index in [-0.39, 0.29) is 5.91 Å². The minimum Gasteiger partial charge on any atom is -0.400 e. The molecular weight excluding hydrogens is 190 g/mol. The number of carbonyl (C=O) groups is 1. The first-order chi connectivity index (χ1) is 7.29. The Labute approximate surface area is 91.3 Å². The molecule has 15 heavy (non-hydrogen) atoms. The Kier molecular flexibility index (Phi) is 6.38. The van der Waals surface area contributed by atoms with Crippen LogP contribution in [0, 0.1) is 0 Å². The fraction of sp³-hybridized carbons (Fsp3) is 0.417. The van der Waals surface area contributed by atoms with Crippen LogP contribution in [-0.4, -0.2) is 30.1 Å². The van der Waals surface area contributed by atoms with Crippen molar-refractivity contribution in [3.63, 3.8) is 0 Å². The zero-order chi connectivity index (χ0) is 11.8. The van der Waals surface area contributed by atoms with E-state index in [9.17, 15) is 4.79 Å². The maximum atomic E-state index is 11.3. The van der Waals surface area contributed by atoms with E-state index in [4.69, 9.17) is 5.11 Å². The SMILES string of the molecule is CC.CN1Cc2ccccc2C1=O.CO. The largest absolute Gasteiger partial charge is 0.400 e. The highest BCUT2D eigenvalue weighted by Gasteiger charge is 2.22. The van der Waals surface area contributed by atoms with E-state index < -0.39 is 0 Å². The molecule has 0 aliphatic carbocycles. The van der Waals surface area contributed by atoms with Crippen molar-refractivity contribution in [1.82, 2.24) is 4.90 Å². The zero-order valence-electron chi connectivity index (χ0n) is 9.82. The predicted octanol–water partition coefficient (Wildman–Crippen LogP) is 1.91. The Balaban J connectivity index is 0.000000442. The number of rotatable bonds is 0. The molecule has 0 saturated carbocycles. The van der Waals surface area contributed by atoms with Crippen molar-refractivity contribution in [3.8, 4) is 0 Å². The lowest BCUT2D eigenvalue weighted by atomic mass is 10.1. The number of nitrogens with zero attached hydrogens (tertiary/aromatic N) is 1. The van der Waals surface area contributed by atoms with Crippen LogP contribution in [0.3, 0.4) is 0 Å². The van der Waals surface area contributed by atoms with Crippen molar-refractivity contribution < 1.29 is 9.90 Å². The van der Waals surface area contributed by atoms with E-state index in [1.165, 1.54) is 0 Å². The number of fused-ring (bicyclic) bond motifs is 1. The molecule has 1 aliphatic heterocycles. The molecule has 1 amide bonds. The highest BCUT2D eigenvalue weighted by Crippen LogP contribution is 2.19. The second-order valence-electron chi connectivity index (χ2n) is 2.82. The van der Waals surface area contributed by atoms with Crippen LogP contribution < -0.4 is 0 Å². The van der Waals surface area contributed by atoms with Gasteiger partial charge in [-0.1, -0.05) is 32.0 Å². The van der Waals surface area contributed by atoms with Gasteiger partial charge < -0.3 is 10.0 Å². The number of amides is 1. The summed E-state index contributed by atoms with van der Waals surface area (Å²) in [6, 6.07) is 7.74. The van der Waals surface area contributed by atoms with Gasteiger partial charge >= 0.3 is 0 Å². The molecule has 1 aliphatic rings. The third-order valence-corrected chi connectivity index (χ3v) is 2.00. The Morgan fingerprint density at radius 3 is 2.27 bits per heavy atom. The Morgan fingerprint density at radius 2 is 1.73 bits per heavy atom. The van der Waals surface area contributed by atoms with Crippen molar-refractivity contribution in [2.75, 3.05) is 14.2 Å². The molecule has 3 nitrogen and oxygen atoms in total. The van der Waals surface area contributed by atoms with E-state index in [1.807, 2.05) is 45.2 Å². The van der Waals surface area contributed by atoms with E-state index in [2.05, 4.69) is 0 Å². The van der Waals surface area contributed by atoms with E-state index in [0.717, 1.165) is 24.8 Å². The van der Waals surface area contributed by atoms with Crippen LogP contribution in [0.5, 0.6) is 0 Å². The molecule has 0 unspecified atom stereocenters. The van der Waals surface area contributed by atoms with Crippen LogP contribution in [0.25, 0.3) is 0 Å². The van der Waals surface area contributed by atoms with Gasteiger partial charge in [0.2, 0.25) is 0 Å². The van der Waals surface area contributed by atoms with E-state index >= 15 is 0 Å². The van der Waals surface area contributed by atoms with Gasteiger partial charge in [-0.05, 0) is 11.6 Å². The first kappa shape index (κ1) is 13.7. The maximum Gasteiger partial charge on any atom is 0.254 e. The summed E-state index contributed by atoms with van der Waals surface area (Å²) in [5.41, 5.74) is 2.00. The molecule has 1 aromatic rings. The molecule has 0 aromatic heterocycles. The van der Waals surface area contributed by atoms with Crippen molar-refractivity contribution in [3.05, 3.63) is 35.4 Å². The predicted molar refractivity (Wildman–Crippen MR) is 61.7 cm³/mol. The average molecular weight is 209 g/mol. The van der Waals surface area contributed by atoms with Gasteiger partial charge in [0.05, 0.1) is 0 Å². The first-order valence-corrected chi connectivity index (χ1v) is 5.07. The normalized spacial score (nSPS) is 12.1. The Bertz CT molecular complexity index is 310. The van der Waals surface area contributed by atoms with Gasteiger partial charge in [0.1, 0.15) is 0 Å². The van der Waals surface area contributed by atoms with E-state index in [1.54, 1.807) is 4.90 Å². The fourth-order valence-electron chi connectivity index (χ4n) is 1.40. The number of carbonyl (C=O) groups excluding carboxylic acids is 1. The molecule has 1 aromatic carbocycles. The van der Waals surface area contributed by atoms with Crippen LogP contribution in [0.2, 0.25) is 0 Å². The highest BCUT2D eigenvalue weighted by molar-refractivity contribution is 5.98. The summed E-state index contributed by atoms with van der Waals surface area (Å²) in [5.74, 6) is 0.139. The van der Waals surface area contributed by atoms with Gasteiger partial charge in [0.15, 0.2) is 0 Å². The molecule has 0 spiro atoms. The molecule has 3 heteroatoms. The topological polar surface area (TPSA) is 40.5 Å². The van der Waals surface area contributed by atoms with Gasteiger partial charge in [-0.3, -0.25) is 4.79 Å². The lowest BCUT2D eigenvalue weighted by Gasteiger charge is -2.04. The third kappa shape index (κ3) is 3.06. The fourth-order valence-corrected chi connectivity index (χ4v) is 1.40. The van der Waals surface area contributed by atoms with E-state index in [0.29, 0.717) is 0 Å². The minimum absolute atomic E-state index is 0.139. The molecular formula is C12H19NO2. The van der Waals surface area contributed by atoms with Crippen LogP contribution in [-0.2, 0) is 6.54 Å². The molecule has 0 fully saturated rings. The van der Waals surface area contributed by atoms with Crippen LogP contribution >= 0.6 is 0 Å². The third-order valence-electron chi connectivity index (χ3n) is 2.00. The summed E-state index contributed by atoms with van der Waals surface area (Å²) in [4.78, 5) is 13.0. The average Bonchev–Trinajstić information content (AvgIpc) is 2.61. The number of aliphatic hydroxyl groups excluding tert-OH is 1. The monoisotopic (exact) mass is 209 g/mol. The summed E-state index contributed by atoms with van der Waals surface area (Å²) >= 11 is 0. The zero-order valence-corrected chi connectivity index (χ0v) is 9.82. The second kappa shape index (κ2) is 7.01. The molecule has 0 atom stereocenters. The summed E-state index contributed by atoms with van der Waals surface area (Å²) in [6.07, 6.45) is 0. The summed E-state index contributed by atoms with van der Waals surface area (Å²) in [6.45, 7) is 4.76. The Hall–Kier alpha value is -1.35. The summed E-state index contributed by atoms with van der Waals surface area (Å²) < 4.78 is 0. The van der Waals surface area contributed by atoms with Crippen molar-refractivity contribution >= 4 is 5.91 Å². The van der Waals surface area contributed by atoms with Crippen LogP contribution in [0.15, 0.2) is 24.3 Å². The number of benzene rings is 1. The first-order valence-electron chi connectivity index (χ1n) is 5.07. The number of hydrogen-bond donors (Lipinski definition) is 1. The molecule has 2 rings (SSSR count). The van der Waals surface area contributed by atoms with Gasteiger partial charge in [-0.15, -0.1) is 0 Å². The van der Waals surface area contributed by atoms with Gasteiger partial charge in [-0.2, -0.15) is 0 Å². The number of aliphatic hydroxyl groups is 1. The second-order valence-corrected chi connectivity index (χ2v) is 2.82. The van der Waals surface area contributed by atoms with Crippen LogP contribution in [0.4, 0.5) is 0 Å². The minimum atomic E-state index is 0.139. The van der Waals surface area contributed by atoms with Gasteiger partial charge in [-0.25, -0.2) is 0 Å². The molecule has 0 saturated heterocycles. The quantitative estimate of drug-likeness (QED) is 0.709. The van der Waals surface area contributed by atoms with Crippen LogP contribution in [0.1, 0.15) is 29.8 Å². The molecule has 0 radical (unpaired) electrons. The molecule has 1 N–H and O–H groups in total. The number of hydrogen-bond acceptors (Lipinski definition) is 2. The summed E-state index contributed by atoms with van der Waals surface area (Å²) in [7, 11) is 2.82. The van der Waals surface area contributed by atoms with Gasteiger partial charge in [0.25, 0.3) is 5.91 Å². The molecule has 0 bridgehead atoms. The van der Waals surface area contributed by atoms with Crippen molar-refractivity contribution in [2.24, 2.45) is 0 Å². The maximum absolute atomic E-state index is 11.3. The lowest BCUT2D eigenvalue weighted by Crippen LogP contribution is -2.17. The highest BCUT2D eigenvalue weighted by atomic mass is 16.2. The lowest BCUT2D eigenvalue weighted by molar-refractivity contribution is 0.0816. The summed E-state index contributed by atoms with van der Waals surface area (Å²) in [5, 5.41) is 7.00. The molecule has 84 valence electrons. The van der Waals surface area contributed by atoms with Crippen molar-refractivity contribution in [2.45, 2.75) is 20.4 Å².